The maximum absolute atomic E-state index is 12.5. The Morgan fingerprint density at radius 3 is 2.44 bits per heavy atom. The van der Waals surface area contributed by atoms with Crippen molar-refractivity contribution in [1.82, 2.24) is 15.3 Å². The lowest BCUT2D eigenvalue weighted by Crippen LogP contribution is -2.49. The number of rotatable bonds is 7. The van der Waals surface area contributed by atoms with Gasteiger partial charge in [-0.1, -0.05) is 36.6 Å². The van der Waals surface area contributed by atoms with Crippen molar-refractivity contribution >= 4 is 28.8 Å². The molecular formula is C28H37N5O3. The predicted octanol–water partition coefficient (Wildman–Crippen LogP) is 5.81. The minimum Gasteiger partial charge on any atom is -0.497 e. The second-order valence-electron chi connectivity index (χ2n) is 10.4. The van der Waals surface area contributed by atoms with Gasteiger partial charge in [0.05, 0.1) is 18.7 Å². The summed E-state index contributed by atoms with van der Waals surface area (Å²) in [7, 11) is 1.66. The van der Waals surface area contributed by atoms with Gasteiger partial charge in [-0.25, -0.2) is 9.78 Å². The van der Waals surface area contributed by atoms with E-state index in [1.807, 2.05) is 51.1 Å². The second kappa shape index (κ2) is 11.0. The standard InChI is InChI=1S/C28H37N5O3/c1-18-10-15-22-21(16-18)25(33-26(31-22)29-17-19-11-13-20(35-5)14-12-19)30-23-8-6-7-9-24(23)32-27(34)36-28(2,3)4/h10-16,23-24H,6-9,17H2,1-5H3,(H,32,34)(H2,29,30,31,33)/t23-,24+/m0/s1. The molecule has 2 atom stereocenters. The van der Waals surface area contributed by atoms with Crippen molar-refractivity contribution in [2.45, 2.75) is 77.6 Å². The van der Waals surface area contributed by atoms with Gasteiger partial charge >= 0.3 is 6.09 Å². The van der Waals surface area contributed by atoms with E-state index in [9.17, 15) is 4.79 Å². The first-order valence-electron chi connectivity index (χ1n) is 12.6. The number of benzene rings is 2. The summed E-state index contributed by atoms with van der Waals surface area (Å²) in [5.41, 5.74) is 2.57. The molecule has 36 heavy (non-hydrogen) atoms. The van der Waals surface area contributed by atoms with Gasteiger partial charge in [-0.05, 0) is 70.4 Å². The number of carbonyl (C=O) groups is 1. The van der Waals surface area contributed by atoms with Gasteiger partial charge in [-0.2, -0.15) is 4.98 Å². The molecule has 0 unspecified atom stereocenters. The fourth-order valence-corrected chi connectivity index (χ4v) is 4.47. The topological polar surface area (TPSA) is 97.4 Å². The van der Waals surface area contributed by atoms with Gasteiger partial charge in [0.25, 0.3) is 0 Å². The van der Waals surface area contributed by atoms with E-state index in [1.54, 1.807) is 7.11 Å². The number of amides is 1. The molecule has 0 bridgehead atoms. The number of ether oxygens (including phenoxy) is 2. The third kappa shape index (κ3) is 6.77. The van der Waals surface area contributed by atoms with Crippen LogP contribution in [-0.4, -0.2) is 40.9 Å². The van der Waals surface area contributed by atoms with Crippen LogP contribution in [0.2, 0.25) is 0 Å². The molecule has 8 nitrogen and oxygen atoms in total. The molecule has 1 aromatic heterocycles. The van der Waals surface area contributed by atoms with Gasteiger partial charge in [-0.15, -0.1) is 0 Å². The Bertz CT molecular complexity index is 1190. The zero-order chi connectivity index (χ0) is 25.7. The van der Waals surface area contributed by atoms with Crippen molar-refractivity contribution in [2.24, 2.45) is 0 Å². The van der Waals surface area contributed by atoms with Crippen molar-refractivity contribution in [2.75, 3.05) is 17.7 Å². The lowest BCUT2D eigenvalue weighted by molar-refractivity contribution is 0.0488. The summed E-state index contributed by atoms with van der Waals surface area (Å²) in [5, 5.41) is 11.1. The molecule has 0 spiro atoms. The summed E-state index contributed by atoms with van der Waals surface area (Å²) in [4.78, 5) is 22.1. The van der Waals surface area contributed by atoms with Gasteiger partial charge in [0.2, 0.25) is 5.95 Å². The lowest BCUT2D eigenvalue weighted by Gasteiger charge is -2.34. The van der Waals surface area contributed by atoms with Crippen LogP contribution in [0.5, 0.6) is 5.75 Å². The Morgan fingerprint density at radius 1 is 1.03 bits per heavy atom. The summed E-state index contributed by atoms with van der Waals surface area (Å²) in [6, 6.07) is 14.1. The molecular weight excluding hydrogens is 454 g/mol. The Morgan fingerprint density at radius 2 is 1.75 bits per heavy atom. The first kappa shape index (κ1) is 25.5. The quantitative estimate of drug-likeness (QED) is 0.384. The molecule has 3 aromatic rings. The van der Waals surface area contributed by atoms with Gasteiger partial charge in [0.15, 0.2) is 0 Å². The molecule has 1 aliphatic carbocycles. The van der Waals surface area contributed by atoms with Crippen LogP contribution in [0.1, 0.15) is 57.6 Å². The molecule has 0 aliphatic heterocycles. The number of aryl methyl sites for hydroxylation is 1. The zero-order valence-electron chi connectivity index (χ0n) is 21.9. The van der Waals surface area contributed by atoms with Crippen molar-refractivity contribution in [3.05, 3.63) is 53.6 Å². The molecule has 0 saturated heterocycles. The Kier molecular flexibility index (Phi) is 7.82. The monoisotopic (exact) mass is 491 g/mol. The smallest absolute Gasteiger partial charge is 0.407 e. The van der Waals surface area contributed by atoms with E-state index in [-0.39, 0.29) is 18.2 Å². The average molecular weight is 492 g/mol. The highest BCUT2D eigenvalue weighted by atomic mass is 16.6. The fraction of sp³-hybridized carbons (Fsp3) is 0.464. The van der Waals surface area contributed by atoms with Crippen LogP contribution in [0.25, 0.3) is 10.9 Å². The number of nitrogens with zero attached hydrogens (tertiary/aromatic N) is 2. The fourth-order valence-electron chi connectivity index (χ4n) is 4.47. The third-order valence-corrected chi connectivity index (χ3v) is 6.25. The lowest BCUT2D eigenvalue weighted by atomic mass is 9.90. The Labute approximate surface area is 213 Å². The van der Waals surface area contributed by atoms with Crippen LogP contribution in [0, 0.1) is 6.92 Å². The second-order valence-corrected chi connectivity index (χ2v) is 10.4. The van der Waals surface area contributed by atoms with Crippen LogP contribution in [0.15, 0.2) is 42.5 Å². The van der Waals surface area contributed by atoms with E-state index in [1.165, 1.54) is 0 Å². The zero-order valence-corrected chi connectivity index (χ0v) is 21.9. The largest absolute Gasteiger partial charge is 0.497 e. The third-order valence-electron chi connectivity index (χ3n) is 6.25. The SMILES string of the molecule is COc1ccc(CNc2nc(N[C@H]3CCCC[C@H]3NC(=O)OC(C)(C)C)c3cc(C)ccc3n2)cc1. The van der Waals surface area contributed by atoms with Crippen molar-refractivity contribution in [3.63, 3.8) is 0 Å². The summed E-state index contributed by atoms with van der Waals surface area (Å²) in [6.07, 6.45) is 3.60. The summed E-state index contributed by atoms with van der Waals surface area (Å²) in [5.74, 6) is 2.14. The van der Waals surface area contributed by atoms with Crippen molar-refractivity contribution in [3.8, 4) is 5.75 Å². The van der Waals surface area contributed by atoms with Gasteiger partial charge in [0.1, 0.15) is 17.2 Å². The molecule has 1 heterocycles. The minimum atomic E-state index is -0.535. The van der Waals surface area contributed by atoms with E-state index in [2.05, 4.69) is 35.0 Å². The number of nitrogens with one attached hydrogen (secondary N) is 3. The predicted molar refractivity (Wildman–Crippen MR) is 144 cm³/mol. The molecule has 2 aromatic carbocycles. The first-order chi connectivity index (χ1) is 17.2. The molecule has 1 amide bonds. The van der Waals surface area contributed by atoms with Gasteiger partial charge in [-0.3, -0.25) is 0 Å². The van der Waals surface area contributed by atoms with E-state index < -0.39 is 5.60 Å². The maximum Gasteiger partial charge on any atom is 0.407 e. The molecule has 3 N–H and O–H groups in total. The number of aromatic nitrogens is 2. The normalized spacial score (nSPS) is 17.9. The highest BCUT2D eigenvalue weighted by Gasteiger charge is 2.29. The number of anilines is 2. The van der Waals surface area contributed by atoms with E-state index in [4.69, 9.17) is 19.4 Å². The maximum atomic E-state index is 12.5. The summed E-state index contributed by atoms with van der Waals surface area (Å²) >= 11 is 0. The number of methoxy groups -OCH3 is 1. The van der Waals surface area contributed by atoms with Gasteiger partial charge in [0, 0.05) is 18.0 Å². The highest BCUT2D eigenvalue weighted by molar-refractivity contribution is 5.90. The van der Waals surface area contributed by atoms with Crippen LogP contribution < -0.4 is 20.7 Å². The van der Waals surface area contributed by atoms with E-state index >= 15 is 0 Å². The minimum absolute atomic E-state index is 0.0410. The molecule has 1 aliphatic rings. The van der Waals surface area contributed by atoms with Crippen LogP contribution in [-0.2, 0) is 11.3 Å². The average Bonchev–Trinajstić information content (AvgIpc) is 2.83. The van der Waals surface area contributed by atoms with E-state index in [0.717, 1.165) is 59.3 Å². The number of fused-ring (bicyclic) bond motifs is 1. The molecule has 8 heteroatoms. The molecule has 0 radical (unpaired) electrons. The van der Waals surface area contributed by atoms with Crippen molar-refractivity contribution in [1.29, 1.82) is 0 Å². The highest BCUT2D eigenvalue weighted by Crippen LogP contribution is 2.28. The number of carbonyl (C=O) groups excluding carboxylic acids is 1. The number of alkyl carbamates (subject to hydrolysis) is 1. The molecule has 4 rings (SSSR count). The van der Waals surface area contributed by atoms with E-state index in [0.29, 0.717) is 12.5 Å². The first-order valence-corrected chi connectivity index (χ1v) is 12.6. The number of hydrogen-bond acceptors (Lipinski definition) is 7. The summed E-state index contributed by atoms with van der Waals surface area (Å²) < 4.78 is 10.8. The van der Waals surface area contributed by atoms with Crippen LogP contribution >= 0.6 is 0 Å². The molecule has 1 saturated carbocycles. The van der Waals surface area contributed by atoms with Gasteiger partial charge < -0.3 is 25.4 Å². The number of hydrogen-bond donors (Lipinski definition) is 3. The Balaban J connectivity index is 1.55. The van der Waals surface area contributed by atoms with Crippen LogP contribution in [0.3, 0.4) is 0 Å². The molecule has 1 fully saturated rings. The molecule has 192 valence electrons. The Hall–Kier alpha value is -3.55. The van der Waals surface area contributed by atoms with Crippen LogP contribution in [0.4, 0.5) is 16.6 Å². The summed E-state index contributed by atoms with van der Waals surface area (Å²) in [6.45, 7) is 8.27. The van der Waals surface area contributed by atoms with Crippen molar-refractivity contribution < 1.29 is 14.3 Å².